The van der Waals surface area contributed by atoms with Gasteiger partial charge in [-0.05, 0) is 12.8 Å². The van der Waals surface area contributed by atoms with Crippen LogP contribution in [0.25, 0.3) is 0 Å². The molecule has 1 aliphatic rings. The summed E-state index contributed by atoms with van der Waals surface area (Å²) in [5.74, 6) is 2.04. The molecule has 0 amide bonds. The molecule has 1 fully saturated rings. The molecule has 2 aromatic heterocycles. The van der Waals surface area contributed by atoms with Crippen LogP contribution >= 0.6 is 0 Å². The number of imidazole rings is 1. The maximum Gasteiger partial charge on any atom is 0.229 e. The number of rotatable bonds is 3. The summed E-state index contributed by atoms with van der Waals surface area (Å²) >= 11 is 0. The van der Waals surface area contributed by atoms with E-state index >= 15 is 0 Å². The van der Waals surface area contributed by atoms with Gasteiger partial charge in [-0.15, -0.1) is 0 Å². The van der Waals surface area contributed by atoms with Crippen LogP contribution in [0.1, 0.15) is 36.9 Å². The lowest BCUT2D eigenvalue weighted by Crippen LogP contribution is -2.09. The first-order chi connectivity index (χ1) is 7.42. The summed E-state index contributed by atoms with van der Waals surface area (Å²) in [6.45, 7) is 0.635. The molecule has 1 aliphatic carbocycles. The van der Waals surface area contributed by atoms with E-state index in [1.54, 1.807) is 12.5 Å². The van der Waals surface area contributed by atoms with Crippen LogP contribution in [0.5, 0.6) is 0 Å². The summed E-state index contributed by atoms with van der Waals surface area (Å²) in [4.78, 5) is 8.35. The van der Waals surface area contributed by atoms with Crippen molar-refractivity contribution >= 4 is 0 Å². The second kappa shape index (κ2) is 3.49. The van der Waals surface area contributed by atoms with E-state index in [2.05, 4.69) is 15.1 Å². The van der Waals surface area contributed by atoms with E-state index in [-0.39, 0.29) is 0 Å². The van der Waals surface area contributed by atoms with Crippen LogP contribution in [0.3, 0.4) is 0 Å². The predicted molar refractivity (Wildman–Crippen MR) is 52.2 cm³/mol. The molecule has 0 saturated heterocycles. The molecule has 78 valence electrons. The summed E-state index contributed by atoms with van der Waals surface area (Å²) in [6.07, 6.45) is 9.04. The van der Waals surface area contributed by atoms with Gasteiger partial charge < -0.3 is 9.09 Å². The first kappa shape index (κ1) is 8.64. The Morgan fingerprint density at radius 1 is 1.47 bits per heavy atom. The summed E-state index contributed by atoms with van der Waals surface area (Å²) < 4.78 is 7.15. The lowest BCUT2D eigenvalue weighted by Gasteiger charge is -2.20. The molecule has 1 saturated carbocycles. The molecule has 0 unspecified atom stereocenters. The molecule has 0 bridgehead atoms. The molecule has 2 heterocycles. The smallest absolute Gasteiger partial charge is 0.229 e. The van der Waals surface area contributed by atoms with Crippen molar-refractivity contribution < 1.29 is 4.52 Å². The minimum absolute atomic E-state index is 0.508. The first-order valence-electron chi connectivity index (χ1n) is 5.20. The van der Waals surface area contributed by atoms with Gasteiger partial charge in [0.05, 0.1) is 12.9 Å². The first-order valence-corrected chi connectivity index (χ1v) is 5.20. The van der Waals surface area contributed by atoms with Crippen molar-refractivity contribution in [2.75, 3.05) is 0 Å². The Morgan fingerprint density at radius 2 is 2.40 bits per heavy atom. The Hall–Kier alpha value is -1.65. The van der Waals surface area contributed by atoms with Gasteiger partial charge in [0.25, 0.3) is 0 Å². The quantitative estimate of drug-likeness (QED) is 0.761. The average Bonchev–Trinajstić information content (AvgIpc) is 2.75. The van der Waals surface area contributed by atoms with E-state index in [4.69, 9.17) is 4.52 Å². The van der Waals surface area contributed by atoms with E-state index in [0.29, 0.717) is 12.5 Å². The Kier molecular flexibility index (Phi) is 2.01. The van der Waals surface area contributed by atoms with Gasteiger partial charge in [-0.3, -0.25) is 0 Å². The van der Waals surface area contributed by atoms with E-state index < -0.39 is 0 Å². The average molecular weight is 204 g/mol. The number of hydrogen-bond acceptors (Lipinski definition) is 4. The fourth-order valence-electron chi connectivity index (χ4n) is 1.70. The van der Waals surface area contributed by atoms with Gasteiger partial charge in [-0.1, -0.05) is 11.6 Å². The molecule has 3 rings (SSSR count). The molecule has 0 aromatic carbocycles. The number of nitrogens with zero attached hydrogens (tertiary/aromatic N) is 4. The van der Waals surface area contributed by atoms with Crippen LogP contribution in [0.2, 0.25) is 0 Å². The fourth-order valence-corrected chi connectivity index (χ4v) is 1.70. The number of aromatic nitrogens is 4. The van der Waals surface area contributed by atoms with Crippen LogP contribution in [0, 0.1) is 0 Å². The summed E-state index contributed by atoms with van der Waals surface area (Å²) in [6, 6.07) is 0. The van der Waals surface area contributed by atoms with E-state index in [1.165, 1.54) is 19.3 Å². The van der Waals surface area contributed by atoms with Crippen molar-refractivity contribution in [1.82, 2.24) is 19.7 Å². The molecule has 0 atom stereocenters. The highest BCUT2D eigenvalue weighted by molar-refractivity contribution is 4.98. The number of hydrogen-bond donors (Lipinski definition) is 0. The van der Waals surface area contributed by atoms with Crippen molar-refractivity contribution in [3.8, 4) is 0 Å². The second-order valence-electron chi connectivity index (χ2n) is 3.91. The molecular formula is C10H12N4O. The highest BCUT2D eigenvalue weighted by Gasteiger charge is 2.25. The maximum atomic E-state index is 5.22. The van der Waals surface area contributed by atoms with Crippen molar-refractivity contribution in [3.05, 3.63) is 30.4 Å². The van der Waals surface area contributed by atoms with Gasteiger partial charge >= 0.3 is 0 Å². The molecule has 5 heteroatoms. The molecular weight excluding hydrogens is 192 g/mol. The Morgan fingerprint density at radius 3 is 3.07 bits per heavy atom. The summed E-state index contributed by atoms with van der Waals surface area (Å²) in [5.41, 5.74) is 0. The highest BCUT2D eigenvalue weighted by atomic mass is 16.5. The zero-order valence-electron chi connectivity index (χ0n) is 8.33. The standard InChI is InChI=1S/C10H12N4O/c1-2-8(3-1)10-12-9(13-15-10)6-14-5-4-11-7-14/h4-5,7-8H,1-3,6H2. The van der Waals surface area contributed by atoms with Crippen LogP contribution in [0.15, 0.2) is 23.2 Å². The third-order valence-electron chi connectivity index (χ3n) is 2.82. The summed E-state index contributed by atoms with van der Waals surface area (Å²) in [7, 11) is 0. The maximum absolute atomic E-state index is 5.22. The second-order valence-corrected chi connectivity index (χ2v) is 3.91. The third-order valence-corrected chi connectivity index (χ3v) is 2.82. The van der Waals surface area contributed by atoms with Crippen molar-refractivity contribution in [3.63, 3.8) is 0 Å². The lowest BCUT2D eigenvalue weighted by atomic mass is 9.85. The van der Waals surface area contributed by atoms with Crippen LogP contribution in [-0.4, -0.2) is 19.7 Å². The molecule has 0 aliphatic heterocycles. The highest BCUT2D eigenvalue weighted by Crippen LogP contribution is 2.35. The Balaban J connectivity index is 1.73. The van der Waals surface area contributed by atoms with Crippen molar-refractivity contribution in [2.45, 2.75) is 31.7 Å². The minimum Gasteiger partial charge on any atom is -0.339 e. The predicted octanol–water partition coefficient (Wildman–Crippen LogP) is 1.58. The van der Waals surface area contributed by atoms with Gasteiger partial charge in [-0.25, -0.2) is 4.98 Å². The third kappa shape index (κ3) is 1.65. The molecule has 0 N–H and O–H groups in total. The van der Waals surface area contributed by atoms with Crippen LogP contribution in [-0.2, 0) is 6.54 Å². The van der Waals surface area contributed by atoms with Gasteiger partial charge in [0.2, 0.25) is 5.89 Å². The topological polar surface area (TPSA) is 56.7 Å². The minimum atomic E-state index is 0.508. The van der Waals surface area contributed by atoms with Gasteiger partial charge in [0, 0.05) is 18.3 Å². The zero-order valence-corrected chi connectivity index (χ0v) is 8.33. The Bertz CT molecular complexity index is 430. The Labute approximate surface area is 87.1 Å². The van der Waals surface area contributed by atoms with Crippen LogP contribution in [0.4, 0.5) is 0 Å². The molecule has 0 spiro atoms. The van der Waals surface area contributed by atoms with E-state index in [9.17, 15) is 0 Å². The van der Waals surface area contributed by atoms with Gasteiger partial charge in [0.15, 0.2) is 5.82 Å². The normalized spacial score (nSPS) is 16.5. The molecule has 2 aromatic rings. The largest absolute Gasteiger partial charge is 0.339 e. The zero-order chi connectivity index (χ0) is 10.1. The monoisotopic (exact) mass is 204 g/mol. The molecule has 5 nitrogen and oxygen atoms in total. The summed E-state index contributed by atoms with van der Waals surface area (Å²) in [5, 5.41) is 3.96. The van der Waals surface area contributed by atoms with Crippen molar-refractivity contribution in [2.24, 2.45) is 0 Å². The van der Waals surface area contributed by atoms with E-state index in [1.807, 2.05) is 10.8 Å². The fraction of sp³-hybridized carbons (Fsp3) is 0.500. The molecule has 0 radical (unpaired) electrons. The molecule has 15 heavy (non-hydrogen) atoms. The van der Waals surface area contributed by atoms with Gasteiger partial charge in [0.1, 0.15) is 0 Å². The van der Waals surface area contributed by atoms with Gasteiger partial charge in [-0.2, -0.15) is 4.98 Å². The lowest BCUT2D eigenvalue weighted by molar-refractivity contribution is 0.291. The van der Waals surface area contributed by atoms with Crippen molar-refractivity contribution in [1.29, 1.82) is 0 Å². The van der Waals surface area contributed by atoms with E-state index in [0.717, 1.165) is 11.7 Å². The van der Waals surface area contributed by atoms with Crippen LogP contribution < -0.4 is 0 Å². The SMILES string of the molecule is c1cn(Cc2noc(C3CCC3)n2)cn1.